The van der Waals surface area contributed by atoms with Gasteiger partial charge in [0.15, 0.2) is 0 Å². The fourth-order valence-electron chi connectivity index (χ4n) is 1.11. The Bertz CT molecular complexity index is 326. The van der Waals surface area contributed by atoms with Gasteiger partial charge in [0.1, 0.15) is 6.54 Å². The molecule has 8 nitrogen and oxygen atoms in total. The third-order valence-electron chi connectivity index (χ3n) is 1.77. The van der Waals surface area contributed by atoms with Crippen molar-refractivity contribution in [3.63, 3.8) is 0 Å². The molecule has 0 spiro atoms. The predicted octanol–water partition coefficient (Wildman–Crippen LogP) is -1.25. The third kappa shape index (κ3) is 3.17. The lowest BCUT2D eigenvalue weighted by atomic mass is 10.5. The molecule has 0 fully saturated rings. The van der Waals surface area contributed by atoms with Crippen LogP contribution in [-0.4, -0.2) is 58.1 Å². The van der Waals surface area contributed by atoms with Crippen molar-refractivity contribution < 1.29 is 14.6 Å². The molecule has 1 aromatic rings. The van der Waals surface area contributed by atoms with Crippen LogP contribution in [0.2, 0.25) is 0 Å². The van der Waals surface area contributed by atoms with Gasteiger partial charge < -0.3 is 14.7 Å². The number of hydrogen-bond acceptors (Lipinski definition) is 6. The zero-order chi connectivity index (χ0) is 11.3. The van der Waals surface area contributed by atoms with Gasteiger partial charge in [-0.2, -0.15) is 0 Å². The molecule has 84 valence electrons. The molecule has 0 radical (unpaired) electrons. The van der Waals surface area contributed by atoms with Crippen molar-refractivity contribution in [3.8, 4) is 0 Å². The van der Waals surface area contributed by atoms with Crippen LogP contribution in [0.1, 0.15) is 0 Å². The number of aryl methyl sites for hydroxylation is 1. The van der Waals surface area contributed by atoms with E-state index >= 15 is 0 Å². The quantitative estimate of drug-likeness (QED) is 0.633. The number of rotatable bonds is 6. The first-order valence-corrected chi connectivity index (χ1v) is 4.33. The van der Waals surface area contributed by atoms with E-state index in [1.165, 1.54) is 9.58 Å². The molecule has 0 aliphatic carbocycles. The van der Waals surface area contributed by atoms with E-state index in [0.717, 1.165) is 0 Å². The maximum Gasteiger partial charge on any atom is 0.323 e. The number of carbonyl (C=O) groups is 1. The maximum absolute atomic E-state index is 10.6. The minimum absolute atomic E-state index is 0.155. The predicted molar refractivity (Wildman–Crippen MR) is 50.5 cm³/mol. The standard InChI is InChI=1S/C7H13N5O3/c1-11-7(8-9-10-11)12(3-4-15-2)5-6(13)14/h3-5H2,1-2H3,(H,13,14). The second kappa shape index (κ2) is 5.25. The van der Waals surface area contributed by atoms with Crippen molar-refractivity contribution >= 4 is 11.9 Å². The molecular weight excluding hydrogens is 202 g/mol. The molecule has 0 unspecified atom stereocenters. The lowest BCUT2D eigenvalue weighted by molar-refractivity contribution is -0.135. The van der Waals surface area contributed by atoms with Gasteiger partial charge in [0.2, 0.25) is 5.95 Å². The average molecular weight is 215 g/mol. The topological polar surface area (TPSA) is 93.4 Å². The number of aliphatic carboxylic acids is 1. The molecule has 0 aliphatic rings. The molecule has 1 rings (SSSR count). The number of nitrogens with zero attached hydrogens (tertiary/aromatic N) is 5. The van der Waals surface area contributed by atoms with Gasteiger partial charge in [-0.05, 0) is 10.4 Å². The van der Waals surface area contributed by atoms with E-state index in [9.17, 15) is 4.79 Å². The molecular formula is C7H13N5O3. The van der Waals surface area contributed by atoms with Gasteiger partial charge in [-0.15, -0.1) is 0 Å². The van der Waals surface area contributed by atoms with Crippen LogP contribution in [0.3, 0.4) is 0 Å². The zero-order valence-electron chi connectivity index (χ0n) is 8.62. The van der Waals surface area contributed by atoms with Gasteiger partial charge >= 0.3 is 5.97 Å². The minimum atomic E-state index is -0.936. The van der Waals surface area contributed by atoms with Crippen molar-refractivity contribution in [3.05, 3.63) is 0 Å². The number of anilines is 1. The second-order valence-electron chi connectivity index (χ2n) is 2.91. The summed E-state index contributed by atoms with van der Waals surface area (Å²) in [5, 5.41) is 19.5. The van der Waals surface area contributed by atoms with E-state index in [4.69, 9.17) is 9.84 Å². The monoisotopic (exact) mass is 215 g/mol. The van der Waals surface area contributed by atoms with E-state index in [2.05, 4.69) is 15.5 Å². The van der Waals surface area contributed by atoms with E-state index in [1.807, 2.05) is 0 Å². The SMILES string of the molecule is COCCN(CC(=O)O)c1nnnn1C. The van der Waals surface area contributed by atoms with Crippen LogP contribution in [0.4, 0.5) is 5.95 Å². The summed E-state index contributed by atoms with van der Waals surface area (Å²) in [5.74, 6) is -0.524. The van der Waals surface area contributed by atoms with Gasteiger partial charge in [-0.25, -0.2) is 4.68 Å². The molecule has 0 atom stereocenters. The lowest BCUT2D eigenvalue weighted by Gasteiger charge is -2.19. The van der Waals surface area contributed by atoms with Crippen molar-refractivity contribution in [2.75, 3.05) is 31.7 Å². The molecule has 1 N–H and O–H groups in total. The highest BCUT2D eigenvalue weighted by Crippen LogP contribution is 2.05. The Morgan fingerprint density at radius 1 is 1.67 bits per heavy atom. The smallest absolute Gasteiger partial charge is 0.323 e. The van der Waals surface area contributed by atoms with Crippen LogP contribution >= 0.6 is 0 Å². The molecule has 0 saturated heterocycles. The summed E-state index contributed by atoms with van der Waals surface area (Å²) in [6.45, 7) is 0.689. The van der Waals surface area contributed by atoms with Gasteiger partial charge in [0.05, 0.1) is 6.61 Å². The largest absolute Gasteiger partial charge is 0.480 e. The van der Waals surface area contributed by atoms with Crippen molar-refractivity contribution in [1.29, 1.82) is 0 Å². The Morgan fingerprint density at radius 2 is 2.40 bits per heavy atom. The number of carboxylic acids is 1. The summed E-state index contributed by atoms with van der Waals surface area (Å²) in [7, 11) is 3.20. The second-order valence-corrected chi connectivity index (χ2v) is 2.91. The van der Waals surface area contributed by atoms with Crippen LogP contribution in [-0.2, 0) is 16.6 Å². The van der Waals surface area contributed by atoms with Gasteiger partial charge in [0.25, 0.3) is 0 Å². The summed E-state index contributed by atoms with van der Waals surface area (Å²) in [4.78, 5) is 12.2. The molecule has 0 aliphatic heterocycles. The first-order valence-electron chi connectivity index (χ1n) is 4.33. The van der Waals surface area contributed by atoms with Gasteiger partial charge in [0, 0.05) is 20.7 Å². The summed E-state index contributed by atoms with van der Waals surface area (Å²) < 4.78 is 6.29. The lowest BCUT2D eigenvalue weighted by Crippen LogP contribution is -2.34. The Hall–Kier alpha value is -1.70. The van der Waals surface area contributed by atoms with Gasteiger partial charge in [-0.3, -0.25) is 4.79 Å². The van der Waals surface area contributed by atoms with Crippen LogP contribution in [0, 0.1) is 0 Å². The fraction of sp³-hybridized carbons (Fsp3) is 0.714. The fourth-order valence-corrected chi connectivity index (χ4v) is 1.11. The van der Waals surface area contributed by atoms with Crippen molar-refractivity contribution in [1.82, 2.24) is 20.2 Å². The van der Waals surface area contributed by atoms with Crippen LogP contribution in [0.15, 0.2) is 0 Å². The zero-order valence-corrected chi connectivity index (χ0v) is 8.62. The average Bonchev–Trinajstić information content (AvgIpc) is 2.58. The highest BCUT2D eigenvalue weighted by Gasteiger charge is 2.15. The molecule has 0 saturated carbocycles. The third-order valence-corrected chi connectivity index (χ3v) is 1.77. The Morgan fingerprint density at radius 3 is 2.87 bits per heavy atom. The van der Waals surface area contributed by atoms with Gasteiger partial charge in [-0.1, -0.05) is 5.10 Å². The van der Waals surface area contributed by atoms with Crippen LogP contribution in [0.5, 0.6) is 0 Å². The molecule has 1 heterocycles. The Balaban J connectivity index is 2.71. The number of methoxy groups -OCH3 is 1. The highest BCUT2D eigenvalue weighted by atomic mass is 16.5. The maximum atomic E-state index is 10.6. The Kier molecular flexibility index (Phi) is 3.98. The number of aromatic nitrogens is 4. The first kappa shape index (κ1) is 11.4. The molecule has 15 heavy (non-hydrogen) atoms. The van der Waals surface area contributed by atoms with E-state index < -0.39 is 5.97 Å². The Labute approximate surface area is 86.4 Å². The minimum Gasteiger partial charge on any atom is -0.480 e. The number of tetrazole rings is 1. The van der Waals surface area contributed by atoms with E-state index in [1.54, 1.807) is 14.2 Å². The molecule has 0 bridgehead atoms. The van der Waals surface area contributed by atoms with Crippen LogP contribution in [0.25, 0.3) is 0 Å². The molecule has 0 amide bonds. The molecule has 8 heteroatoms. The van der Waals surface area contributed by atoms with E-state index in [-0.39, 0.29) is 6.54 Å². The summed E-state index contributed by atoms with van der Waals surface area (Å²) in [6.07, 6.45) is 0. The number of carboxylic acid groups (broad SMARTS) is 1. The number of ether oxygens (including phenoxy) is 1. The summed E-state index contributed by atoms with van der Waals surface area (Å²) in [6, 6.07) is 0. The summed E-state index contributed by atoms with van der Waals surface area (Å²) >= 11 is 0. The van der Waals surface area contributed by atoms with E-state index in [0.29, 0.717) is 19.1 Å². The summed E-state index contributed by atoms with van der Waals surface area (Å²) in [5.41, 5.74) is 0. The highest BCUT2D eigenvalue weighted by molar-refractivity contribution is 5.72. The molecule has 1 aromatic heterocycles. The first-order chi connectivity index (χ1) is 7.15. The van der Waals surface area contributed by atoms with Crippen molar-refractivity contribution in [2.24, 2.45) is 7.05 Å². The normalized spacial score (nSPS) is 10.3. The van der Waals surface area contributed by atoms with Crippen molar-refractivity contribution in [2.45, 2.75) is 0 Å². The number of hydrogen-bond donors (Lipinski definition) is 1. The molecule has 0 aromatic carbocycles. The van der Waals surface area contributed by atoms with Crippen LogP contribution < -0.4 is 4.90 Å².